The van der Waals surface area contributed by atoms with Gasteiger partial charge in [-0.25, -0.2) is 17.6 Å². The Morgan fingerprint density at radius 1 is 1.11 bits per heavy atom. The summed E-state index contributed by atoms with van der Waals surface area (Å²) in [6.45, 7) is -2.35. The molecular formula is C14H17F7N4O2. The fraction of sp³-hybridized carbons (Fsp3) is 0.714. The van der Waals surface area contributed by atoms with Crippen molar-refractivity contribution in [2.75, 3.05) is 39.3 Å². The summed E-state index contributed by atoms with van der Waals surface area (Å²) in [7, 11) is 0. The van der Waals surface area contributed by atoms with Crippen LogP contribution in [0.4, 0.5) is 30.7 Å². The quantitative estimate of drug-likeness (QED) is 0.733. The molecule has 1 aliphatic heterocycles. The maximum atomic E-state index is 13.4. The Labute approximate surface area is 149 Å². The van der Waals surface area contributed by atoms with E-state index in [4.69, 9.17) is 5.11 Å². The fourth-order valence-electron chi connectivity index (χ4n) is 2.86. The number of alkyl halides is 7. The van der Waals surface area contributed by atoms with E-state index in [1.807, 2.05) is 0 Å². The molecule has 1 fully saturated rings. The summed E-state index contributed by atoms with van der Waals surface area (Å²) in [4.78, 5) is 14.8. The van der Waals surface area contributed by atoms with E-state index in [0.717, 1.165) is 4.90 Å². The molecule has 27 heavy (non-hydrogen) atoms. The van der Waals surface area contributed by atoms with Gasteiger partial charge in [0.05, 0.1) is 25.3 Å². The lowest BCUT2D eigenvalue weighted by molar-refractivity contribution is -0.142. The first kappa shape index (κ1) is 21.4. The SMILES string of the molecule is O=C(c1c(C(F)(F)F)nn(CCO)c1C(F)F)N1CCN(CC(F)F)CC1. The summed E-state index contributed by atoms with van der Waals surface area (Å²) in [5, 5.41) is 11.9. The van der Waals surface area contributed by atoms with E-state index in [2.05, 4.69) is 5.10 Å². The lowest BCUT2D eigenvalue weighted by Crippen LogP contribution is -2.50. The van der Waals surface area contributed by atoms with E-state index >= 15 is 0 Å². The largest absolute Gasteiger partial charge is 0.435 e. The van der Waals surface area contributed by atoms with Crippen LogP contribution in [0.3, 0.4) is 0 Å². The van der Waals surface area contributed by atoms with E-state index in [-0.39, 0.29) is 30.9 Å². The standard InChI is InChI=1S/C14H17F7N4O2/c15-8(16)7-23-1-3-24(4-2-23)13(27)9-10(12(17)18)25(5-6-26)22-11(9)14(19,20)21/h8,12,26H,1-7H2. The van der Waals surface area contributed by atoms with Gasteiger partial charge in [-0.2, -0.15) is 18.3 Å². The number of carbonyl (C=O) groups is 1. The van der Waals surface area contributed by atoms with Gasteiger partial charge < -0.3 is 10.0 Å². The molecule has 154 valence electrons. The predicted molar refractivity (Wildman–Crippen MR) is 77.6 cm³/mol. The first-order chi connectivity index (χ1) is 12.6. The number of carbonyl (C=O) groups excluding carboxylic acids is 1. The predicted octanol–water partition coefficient (Wildman–Crippen LogP) is 1.85. The van der Waals surface area contributed by atoms with Gasteiger partial charge in [-0.15, -0.1) is 0 Å². The van der Waals surface area contributed by atoms with Crippen LogP contribution in [0.2, 0.25) is 0 Å². The Morgan fingerprint density at radius 2 is 1.70 bits per heavy atom. The minimum Gasteiger partial charge on any atom is -0.394 e. The van der Waals surface area contributed by atoms with E-state index in [0.29, 0.717) is 0 Å². The number of aliphatic hydroxyl groups is 1. The molecule has 1 amide bonds. The zero-order chi connectivity index (χ0) is 20.4. The average Bonchev–Trinajstić information content (AvgIpc) is 2.94. The van der Waals surface area contributed by atoms with Crippen LogP contribution in [0, 0.1) is 0 Å². The van der Waals surface area contributed by atoms with Gasteiger partial charge in [-0.05, 0) is 0 Å². The third-order valence-corrected chi connectivity index (χ3v) is 4.05. The highest BCUT2D eigenvalue weighted by Gasteiger charge is 2.44. The molecule has 0 radical (unpaired) electrons. The van der Waals surface area contributed by atoms with Crippen LogP contribution in [-0.2, 0) is 12.7 Å². The maximum Gasteiger partial charge on any atom is 0.435 e. The third-order valence-electron chi connectivity index (χ3n) is 4.05. The van der Waals surface area contributed by atoms with Crippen molar-refractivity contribution >= 4 is 5.91 Å². The molecule has 1 N–H and O–H groups in total. The van der Waals surface area contributed by atoms with Crippen molar-refractivity contribution in [2.45, 2.75) is 25.6 Å². The maximum absolute atomic E-state index is 13.4. The van der Waals surface area contributed by atoms with Gasteiger partial charge in [0.1, 0.15) is 5.69 Å². The van der Waals surface area contributed by atoms with E-state index < -0.39 is 61.6 Å². The van der Waals surface area contributed by atoms with Crippen LogP contribution >= 0.6 is 0 Å². The molecule has 1 saturated heterocycles. The van der Waals surface area contributed by atoms with Crippen molar-refractivity contribution in [1.29, 1.82) is 0 Å². The number of nitrogens with zero attached hydrogens (tertiary/aromatic N) is 4. The van der Waals surface area contributed by atoms with Crippen molar-refractivity contribution < 1.29 is 40.6 Å². The normalized spacial score (nSPS) is 16.6. The Morgan fingerprint density at radius 3 is 2.15 bits per heavy atom. The van der Waals surface area contributed by atoms with E-state index in [9.17, 15) is 35.5 Å². The van der Waals surface area contributed by atoms with Gasteiger partial charge in [0.15, 0.2) is 5.69 Å². The fourth-order valence-corrected chi connectivity index (χ4v) is 2.86. The minimum absolute atomic E-state index is 0.0216. The lowest BCUT2D eigenvalue weighted by Gasteiger charge is -2.34. The van der Waals surface area contributed by atoms with Crippen LogP contribution < -0.4 is 0 Å². The number of hydrogen-bond donors (Lipinski definition) is 1. The summed E-state index contributed by atoms with van der Waals surface area (Å²) in [6, 6.07) is 0. The smallest absolute Gasteiger partial charge is 0.394 e. The lowest BCUT2D eigenvalue weighted by atomic mass is 10.1. The van der Waals surface area contributed by atoms with Gasteiger partial charge >= 0.3 is 6.18 Å². The first-order valence-electron chi connectivity index (χ1n) is 7.93. The Hall–Kier alpha value is -1.89. The molecule has 2 heterocycles. The Bertz CT molecular complexity index is 655. The molecule has 1 aromatic rings. The van der Waals surface area contributed by atoms with Gasteiger partial charge in [-0.3, -0.25) is 14.4 Å². The second kappa shape index (κ2) is 8.42. The van der Waals surface area contributed by atoms with Crippen molar-refractivity contribution in [3.63, 3.8) is 0 Å². The Balaban J connectivity index is 2.34. The molecule has 2 rings (SSSR count). The molecule has 0 aromatic carbocycles. The van der Waals surface area contributed by atoms with Crippen LogP contribution in [0.25, 0.3) is 0 Å². The molecule has 1 aromatic heterocycles. The molecule has 0 aliphatic carbocycles. The van der Waals surface area contributed by atoms with Crippen molar-refractivity contribution in [3.8, 4) is 0 Å². The zero-order valence-corrected chi connectivity index (χ0v) is 13.9. The third kappa shape index (κ3) is 4.89. The summed E-state index contributed by atoms with van der Waals surface area (Å²) >= 11 is 0. The van der Waals surface area contributed by atoms with Crippen LogP contribution in [0.5, 0.6) is 0 Å². The summed E-state index contributed by atoms with van der Waals surface area (Å²) in [5.74, 6) is -1.29. The molecule has 0 atom stereocenters. The number of aromatic nitrogens is 2. The van der Waals surface area contributed by atoms with Gasteiger partial charge in [0.25, 0.3) is 18.8 Å². The number of piperazine rings is 1. The highest BCUT2D eigenvalue weighted by Crippen LogP contribution is 2.36. The first-order valence-corrected chi connectivity index (χ1v) is 7.93. The average molecular weight is 406 g/mol. The molecule has 0 spiro atoms. The molecule has 13 heteroatoms. The van der Waals surface area contributed by atoms with Gasteiger partial charge in [0, 0.05) is 26.2 Å². The van der Waals surface area contributed by atoms with Crippen LogP contribution in [-0.4, -0.2) is 76.4 Å². The molecule has 0 saturated carbocycles. The minimum atomic E-state index is -5.16. The van der Waals surface area contributed by atoms with E-state index in [1.165, 1.54) is 4.90 Å². The van der Waals surface area contributed by atoms with E-state index in [1.54, 1.807) is 0 Å². The zero-order valence-electron chi connectivity index (χ0n) is 13.9. The van der Waals surface area contributed by atoms with Crippen molar-refractivity contribution in [1.82, 2.24) is 19.6 Å². The number of hydrogen-bond acceptors (Lipinski definition) is 4. The second-order valence-electron chi connectivity index (χ2n) is 5.84. The van der Waals surface area contributed by atoms with Gasteiger partial charge in [-0.1, -0.05) is 0 Å². The molecule has 1 aliphatic rings. The van der Waals surface area contributed by atoms with Crippen molar-refractivity contribution in [2.24, 2.45) is 0 Å². The molecule has 0 bridgehead atoms. The van der Waals surface area contributed by atoms with Crippen LogP contribution in [0.15, 0.2) is 0 Å². The van der Waals surface area contributed by atoms with Gasteiger partial charge in [0.2, 0.25) is 0 Å². The highest BCUT2D eigenvalue weighted by molar-refractivity contribution is 5.97. The van der Waals surface area contributed by atoms with Crippen molar-refractivity contribution in [3.05, 3.63) is 17.0 Å². The molecule has 0 unspecified atom stereocenters. The summed E-state index contributed by atoms with van der Waals surface area (Å²) < 4.78 is 91.5. The number of amides is 1. The molecule has 6 nitrogen and oxygen atoms in total. The monoisotopic (exact) mass is 406 g/mol. The summed E-state index contributed by atoms with van der Waals surface area (Å²) in [5.41, 5.74) is -4.25. The Kier molecular flexibility index (Phi) is 6.68. The van der Waals surface area contributed by atoms with Crippen LogP contribution in [0.1, 0.15) is 28.2 Å². The number of rotatable bonds is 6. The molecular weight excluding hydrogens is 389 g/mol. The summed E-state index contributed by atoms with van der Waals surface area (Å²) in [6.07, 6.45) is -11.2. The number of aliphatic hydroxyl groups excluding tert-OH is 1. The topological polar surface area (TPSA) is 61.6 Å². The second-order valence-corrected chi connectivity index (χ2v) is 5.84. The highest BCUT2D eigenvalue weighted by atomic mass is 19.4. The number of halogens is 7.